The summed E-state index contributed by atoms with van der Waals surface area (Å²) in [7, 11) is 0. The summed E-state index contributed by atoms with van der Waals surface area (Å²) in [6.45, 7) is 4.70. The van der Waals surface area contributed by atoms with Crippen LogP contribution in [0.15, 0.2) is 146 Å². The number of rotatable bonds is 5. The molecule has 0 spiro atoms. The van der Waals surface area contributed by atoms with Crippen LogP contribution in [0.4, 0.5) is 0 Å². The largest absolute Gasteiger partial charge is 0.312 e. The van der Waals surface area contributed by atoms with Gasteiger partial charge in [-0.2, -0.15) is 0 Å². The predicted octanol–water partition coefficient (Wildman–Crippen LogP) is 9.35. The zero-order valence-corrected chi connectivity index (χ0v) is 26.1. The molecular formula is C42H36N4. The maximum Gasteiger partial charge on any atom is 0.0906 e. The van der Waals surface area contributed by atoms with Crippen molar-refractivity contribution in [3.05, 3.63) is 173 Å². The van der Waals surface area contributed by atoms with Crippen LogP contribution in [0.25, 0.3) is 38.6 Å². The van der Waals surface area contributed by atoms with Crippen LogP contribution in [-0.2, 0) is 5.41 Å². The molecule has 1 aliphatic heterocycles. The fraction of sp³-hybridized carbons (Fsp3) is 0.143. The molecule has 0 saturated carbocycles. The van der Waals surface area contributed by atoms with Crippen molar-refractivity contribution in [1.82, 2.24) is 14.8 Å². The highest BCUT2D eigenvalue weighted by atomic mass is 15.5. The normalized spacial score (nSPS) is 19.1. The molecule has 2 aliphatic rings. The average molecular weight is 597 g/mol. The summed E-state index contributed by atoms with van der Waals surface area (Å²) in [5.41, 5.74) is 19.6. The Kier molecular flexibility index (Phi) is 6.09. The number of hydrogen-bond acceptors (Lipinski definition) is 3. The van der Waals surface area contributed by atoms with E-state index in [2.05, 4.69) is 168 Å². The maximum absolute atomic E-state index is 6.97. The van der Waals surface area contributed by atoms with E-state index in [1.54, 1.807) is 0 Å². The van der Waals surface area contributed by atoms with Crippen molar-refractivity contribution < 1.29 is 0 Å². The summed E-state index contributed by atoms with van der Waals surface area (Å²) >= 11 is 0. The molecule has 0 bridgehead atoms. The van der Waals surface area contributed by atoms with E-state index >= 15 is 0 Å². The smallest absolute Gasteiger partial charge is 0.0906 e. The molecule has 4 heteroatoms. The molecule has 46 heavy (non-hydrogen) atoms. The van der Waals surface area contributed by atoms with Gasteiger partial charge in [0.05, 0.1) is 29.5 Å². The van der Waals surface area contributed by atoms with Crippen molar-refractivity contribution in [3.63, 3.8) is 0 Å². The Morgan fingerprint density at radius 1 is 0.609 bits per heavy atom. The van der Waals surface area contributed by atoms with E-state index in [1.165, 1.54) is 55.2 Å². The van der Waals surface area contributed by atoms with Crippen LogP contribution in [0.3, 0.4) is 0 Å². The third-order valence-electron chi connectivity index (χ3n) is 10.3. The van der Waals surface area contributed by atoms with Crippen molar-refractivity contribution in [2.75, 3.05) is 0 Å². The monoisotopic (exact) mass is 596 g/mol. The van der Waals surface area contributed by atoms with Crippen LogP contribution in [0.1, 0.15) is 60.2 Å². The first-order valence-electron chi connectivity index (χ1n) is 16.2. The molecule has 224 valence electrons. The lowest BCUT2D eigenvalue weighted by atomic mass is 9.82. The van der Waals surface area contributed by atoms with Gasteiger partial charge in [0.2, 0.25) is 0 Å². The Morgan fingerprint density at radius 2 is 1.24 bits per heavy atom. The molecule has 7 aromatic rings. The highest BCUT2D eigenvalue weighted by Crippen LogP contribution is 2.53. The molecular weight excluding hydrogens is 560 g/mol. The Bertz CT molecular complexity index is 2190. The third kappa shape index (κ3) is 3.91. The van der Waals surface area contributed by atoms with Gasteiger partial charge in [0.15, 0.2) is 0 Å². The average Bonchev–Trinajstić information content (AvgIpc) is 3.54. The molecule has 6 aromatic carbocycles. The molecule has 3 N–H and O–H groups in total. The second kappa shape index (κ2) is 10.3. The van der Waals surface area contributed by atoms with Gasteiger partial charge in [-0.15, -0.1) is 0 Å². The van der Waals surface area contributed by atoms with E-state index < -0.39 is 0 Å². The molecule has 0 amide bonds. The maximum atomic E-state index is 6.97. The topological polar surface area (TPSA) is 46.2 Å². The van der Waals surface area contributed by atoms with E-state index in [9.17, 15) is 0 Å². The number of fused-ring (bicyclic) bond motifs is 7. The standard InChI is InChI=1S/C42H36N4/c1-42(2)33-19-11-9-17-31(33)37-34(42)25-26-36-38(37)32-18-10-12-20-35(32)45(36)30-23-21-29(22-24-30)41-44-40(28-15-7-4-8-16-28)46(41)39(43)27-13-5-3-6-14-27/h3-26,39-41,44H,43H2,1-2H3. The second-order valence-electron chi connectivity index (χ2n) is 13.2. The van der Waals surface area contributed by atoms with Gasteiger partial charge in [-0.25, -0.2) is 4.90 Å². The highest BCUT2D eigenvalue weighted by Gasteiger charge is 2.43. The van der Waals surface area contributed by atoms with Gasteiger partial charge in [-0.3, -0.25) is 5.32 Å². The van der Waals surface area contributed by atoms with E-state index in [0.29, 0.717) is 0 Å². The second-order valence-corrected chi connectivity index (χ2v) is 13.2. The summed E-state index contributed by atoms with van der Waals surface area (Å²) in [6, 6.07) is 52.4. The minimum absolute atomic E-state index is 0.00499. The summed E-state index contributed by atoms with van der Waals surface area (Å²) in [5.74, 6) is 0. The van der Waals surface area contributed by atoms with Crippen LogP contribution in [0, 0.1) is 0 Å². The first-order chi connectivity index (χ1) is 22.5. The first kappa shape index (κ1) is 27.3. The van der Waals surface area contributed by atoms with Crippen molar-refractivity contribution >= 4 is 21.8 Å². The highest BCUT2D eigenvalue weighted by molar-refractivity contribution is 6.17. The zero-order chi connectivity index (χ0) is 31.0. The van der Waals surface area contributed by atoms with Crippen LogP contribution >= 0.6 is 0 Å². The molecule has 2 heterocycles. The predicted molar refractivity (Wildman–Crippen MR) is 189 cm³/mol. The zero-order valence-electron chi connectivity index (χ0n) is 26.1. The number of nitrogens with two attached hydrogens (primary N) is 1. The lowest BCUT2D eigenvalue weighted by molar-refractivity contribution is -0.0687. The minimum atomic E-state index is -0.246. The number of nitrogens with one attached hydrogen (secondary N) is 1. The lowest BCUT2D eigenvalue weighted by Crippen LogP contribution is -2.60. The van der Waals surface area contributed by atoms with E-state index in [0.717, 1.165) is 11.3 Å². The quantitative estimate of drug-likeness (QED) is 0.208. The molecule has 4 nitrogen and oxygen atoms in total. The molecule has 1 aromatic heterocycles. The fourth-order valence-electron chi connectivity index (χ4n) is 8.04. The summed E-state index contributed by atoms with van der Waals surface area (Å²) in [5, 5.41) is 6.44. The third-order valence-corrected chi connectivity index (χ3v) is 10.3. The van der Waals surface area contributed by atoms with Gasteiger partial charge in [0.25, 0.3) is 0 Å². The Labute approximate surface area is 269 Å². The van der Waals surface area contributed by atoms with Crippen LogP contribution in [0.5, 0.6) is 0 Å². The van der Waals surface area contributed by atoms with E-state index in [-0.39, 0.29) is 23.9 Å². The Balaban J connectivity index is 1.14. The van der Waals surface area contributed by atoms with Crippen molar-refractivity contribution in [2.45, 2.75) is 37.8 Å². The van der Waals surface area contributed by atoms with Gasteiger partial charge < -0.3 is 10.3 Å². The number of nitrogens with zero attached hydrogens (tertiary/aromatic N) is 2. The van der Waals surface area contributed by atoms with Crippen molar-refractivity contribution in [3.8, 4) is 16.8 Å². The molecule has 3 atom stereocenters. The van der Waals surface area contributed by atoms with Gasteiger partial charge in [-0.05, 0) is 63.2 Å². The Hall–Kier alpha value is -5.00. The Morgan fingerprint density at radius 3 is 2.00 bits per heavy atom. The number of benzene rings is 6. The van der Waals surface area contributed by atoms with E-state index in [4.69, 9.17) is 5.73 Å². The SMILES string of the molecule is CC1(C)c2ccccc2-c2c1ccc1c2c2ccccc2n1-c1ccc(C2NC(c3ccccc3)N2C(N)c2ccccc2)cc1. The molecule has 9 rings (SSSR count). The summed E-state index contributed by atoms with van der Waals surface area (Å²) in [4.78, 5) is 2.38. The number of hydrogen-bond donors (Lipinski definition) is 2. The van der Waals surface area contributed by atoms with Gasteiger partial charge >= 0.3 is 0 Å². The van der Waals surface area contributed by atoms with Gasteiger partial charge in [-0.1, -0.05) is 135 Å². The number of aromatic nitrogens is 1. The van der Waals surface area contributed by atoms with E-state index in [1.807, 2.05) is 6.07 Å². The fourth-order valence-corrected chi connectivity index (χ4v) is 8.04. The van der Waals surface area contributed by atoms with Crippen molar-refractivity contribution in [1.29, 1.82) is 0 Å². The number of para-hydroxylation sites is 1. The summed E-state index contributed by atoms with van der Waals surface area (Å²) < 4.78 is 2.43. The van der Waals surface area contributed by atoms with Crippen LogP contribution < -0.4 is 11.1 Å². The van der Waals surface area contributed by atoms with Crippen LogP contribution in [0.2, 0.25) is 0 Å². The van der Waals surface area contributed by atoms with Crippen LogP contribution in [-0.4, -0.2) is 9.47 Å². The molecule has 0 radical (unpaired) electrons. The summed E-state index contributed by atoms with van der Waals surface area (Å²) in [6.07, 6.45) is -0.217. The molecule has 3 unspecified atom stereocenters. The lowest BCUT2D eigenvalue weighted by Gasteiger charge is -2.53. The molecule has 1 saturated heterocycles. The van der Waals surface area contributed by atoms with Gasteiger partial charge in [0, 0.05) is 21.9 Å². The molecule has 1 fully saturated rings. The minimum Gasteiger partial charge on any atom is -0.312 e. The van der Waals surface area contributed by atoms with Crippen molar-refractivity contribution in [2.24, 2.45) is 5.73 Å². The van der Waals surface area contributed by atoms with Gasteiger partial charge in [0.1, 0.15) is 0 Å². The molecule has 1 aliphatic carbocycles. The first-order valence-corrected chi connectivity index (χ1v) is 16.2.